The number of hydrogen-bond donors (Lipinski definition) is 1. The molecule has 1 N–H and O–H groups in total. The number of rotatable bonds is 7. The van der Waals surface area contributed by atoms with Crippen molar-refractivity contribution >= 4 is 0 Å². The van der Waals surface area contributed by atoms with Crippen LogP contribution in [0, 0.1) is 18.7 Å². The van der Waals surface area contributed by atoms with Crippen LogP contribution in [-0.4, -0.2) is 19.7 Å². The fourth-order valence-electron chi connectivity index (χ4n) is 1.49. The maximum Gasteiger partial charge on any atom is 0.165 e. The Kier molecular flexibility index (Phi) is 5.98. The van der Waals surface area contributed by atoms with Gasteiger partial charge in [-0.3, -0.25) is 0 Å². The van der Waals surface area contributed by atoms with Crippen molar-refractivity contribution < 1.29 is 9.13 Å². The van der Waals surface area contributed by atoms with Gasteiger partial charge in [0.25, 0.3) is 0 Å². The molecule has 0 fully saturated rings. The lowest BCUT2D eigenvalue weighted by Gasteiger charge is -2.09. The molecule has 0 aliphatic carbocycles. The van der Waals surface area contributed by atoms with Crippen LogP contribution in [0.15, 0.2) is 18.2 Å². The summed E-state index contributed by atoms with van der Waals surface area (Å²) >= 11 is 0. The molecule has 2 nitrogen and oxygen atoms in total. The van der Waals surface area contributed by atoms with Crippen molar-refractivity contribution in [3.63, 3.8) is 0 Å². The highest BCUT2D eigenvalue weighted by Crippen LogP contribution is 2.18. The van der Waals surface area contributed by atoms with Crippen molar-refractivity contribution in [2.75, 3.05) is 19.7 Å². The first-order valence-corrected chi connectivity index (χ1v) is 6.19. The first kappa shape index (κ1) is 14.0. The zero-order valence-electron chi connectivity index (χ0n) is 10.9. The average Bonchev–Trinajstić information content (AvgIpc) is 2.27. The number of ether oxygens (including phenoxy) is 1. The Bertz CT molecular complexity index is 339. The van der Waals surface area contributed by atoms with Crippen LogP contribution in [0.5, 0.6) is 5.75 Å². The van der Waals surface area contributed by atoms with Gasteiger partial charge in [-0.1, -0.05) is 19.9 Å². The molecule has 0 atom stereocenters. The molecule has 0 aliphatic rings. The van der Waals surface area contributed by atoms with E-state index in [1.54, 1.807) is 12.1 Å². The molecule has 0 spiro atoms. The van der Waals surface area contributed by atoms with Crippen molar-refractivity contribution in [3.8, 4) is 5.75 Å². The Hall–Kier alpha value is -1.09. The first-order valence-electron chi connectivity index (χ1n) is 6.19. The minimum absolute atomic E-state index is 0.286. The fourth-order valence-corrected chi connectivity index (χ4v) is 1.49. The van der Waals surface area contributed by atoms with E-state index in [4.69, 9.17) is 4.74 Å². The van der Waals surface area contributed by atoms with Gasteiger partial charge in [0.15, 0.2) is 11.6 Å². The second kappa shape index (κ2) is 7.28. The summed E-state index contributed by atoms with van der Waals surface area (Å²) in [5.41, 5.74) is 1.01. The summed E-state index contributed by atoms with van der Waals surface area (Å²) in [5.74, 6) is 0.727. The van der Waals surface area contributed by atoms with E-state index in [1.807, 2.05) is 6.92 Å². The van der Waals surface area contributed by atoms with Crippen molar-refractivity contribution in [1.29, 1.82) is 0 Å². The third-order valence-corrected chi connectivity index (χ3v) is 2.39. The lowest BCUT2D eigenvalue weighted by Crippen LogP contribution is -2.22. The number of hydrogen-bond acceptors (Lipinski definition) is 2. The summed E-state index contributed by atoms with van der Waals surface area (Å²) < 4.78 is 18.7. The lowest BCUT2D eigenvalue weighted by atomic mass is 10.2. The molecule has 96 valence electrons. The van der Waals surface area contributed by atoms with Crippen LogP contribution in [0.4, 0.5) is 4.39 Å². The number of aryl methyl sites for hydroxylation is 1. The Morgan fingerprint density at radius 2 is 2.12 bits per heavy atom. The first-order chi connectivity index (χ1) is 8.09. The largest absolute Gasteiger partial charge is 0.490 e. The molecule has 0 aliphatic heterocycles. The minimum atomic E-state index is -0.286. The van der Waals surface area contributed by atoms with E-state index < -0.39 is 0 Å². The van der Waals surface area contributed by atoms with Gasteiger partial charge < -0.3 is 10.1 Å². The third kappa shape index (κ3) is 5.68. The van der Waals surface area contributed by atoms with Gasteiger partial charge >= 0.3 is 0 Å². The standard InChI is InChI=1S/C14H22FNO/c1-11(2)10-16-7-4-8-17-14-9-12(3)5-6-13(14)15/h5-6,9,11,16H,4,7-8,10H2,1-3H3. The van der Waals surface area contributed by atoms with Gasteiger partial charge in [-0.15, -0.1) is 0 Å². The Labute approximate surface area is 103 Å². The van der Waals surface area contributed by atoms with Gasteiger partial charge in [-0.05, 0) is 50.0 Å². The number of nitrogens with one attached hydrogen (secondary N) is 1. The van der Waals surface area contributed by atoms with Crippen LogP contribution in [0.2, 0.25) is 0 Å². The normalized spacial score (nSPS) is 10.9. The molecule has 3 heteroatoms. The Balaban J connectivity index is 2.20. The van der Waals surface area contributed by atoms with Crippen molar-refractivity contribution in [2.24, 2.45) is 5.92 Å². The van der Waals surface area contributed by atoms with Gasteiger partial charge in [0.2, 0.25) is 0 Å². The van der Waals surface area contributed by atoms with E-state index in [-0.39, 0.29) is 5.82 Å². The predicted molar refractivity (Wildman–Crippen MR) is 69.0 cm³/mol. The fraction of sp³-hybridized carbons (Fsp3) is 0.571. The minimum Gasteiger partial charge on any atom is -0.490 e. The van der Waals surface area contributed by atoms with Crippen LogP contribution in [-0.2, 0) is 0 Å². The number of halogens is 1. The van der Waals surface area contributed by atoms with Crippen molar-refractivity contribution in [2.45, 2.75) is 27.2 Å². The molecule has 0 saturated carbocycles. The summed E-state index contributed by atoms with van der Waals surface area (Å²) in [6, 6.07) is 4.92. The van der Waals surface area contributed by atoms with E-state index >= 15 is 0 Å². The van der Waals surface area contributed by atoms with Gasteiger partial charge in [-0.25, -0.2) is 4.39 Å². The van der Waals surface area contributed by atoms with Crippen LogP contribution >= 0.6 is 0 Å². The second-order valence-electron chi connectivity index (χ2n) is 4.73. The van der Waals surface area contributed by atoms with Crippen LogP contribution in [0.25, 0.3) is 0 Å². The van der Waals surface area contributed by atoms with Crippen LogP contribution in [0.3, 0.4) is 0 Å². The predicted octanol–water partition coefficient (Wildman–Crippen LogP) is 3.15. The highest BCUT2D eigenvalue weighted by Gasteiger charge is 2.02. The monoisotopic (exact) mass is 239 g/mol. The molecule has 17 heavy (non-hydrogen) atoms. The molecular formula is C14H22FNO. The molecule has 0 amide bonds. The van der Waals surface area contributed by atoms with E-state index in [9.17, 15) is 4.39 Å². The molecule has 0 aromatic heterocycles. The van der Waals surface area contributed by atoms with Gasteiger partial charge in [0.1, 0.15) is 0 Å². The molecule has 1 aromatic rings. The van der Waals surface area contributed by atoms with E-state index in [0.29, 0.717) is 18.3 Å². The highest BCUT2D eigenvalue weighted by molar-refractivity contribution is 5.29. The molecule has 1 rings (SSSR count). The topological polar surface area (TPSA) is 21.3 Å². The summed E-state index contributed by atoms with van der Waals surface area (Å²) in [6.45, 7) is 8.74. The van der Waals surface area contributed by atoms with E-state index in [1.165, 1.54) is 6.07 Å². The zero-order valence-corrected chi connectivity index (χ0v) is 10.9. The average molecular weight is 239 g/mol. The molecule has 0 unspecified atom stereocenters. The lowest BCUT2D eigenvalue weighted by molar-refractivity contribution is 0.292. The number of benzene rings is 1. The van der Waals surface area contributed by atoms with E-state index in [2.05, 4.69) is 19.2 Å². The molecule has 0 bridgehead atoms. The molecule has 1 aromatic carbocycles. The van der Waals surface area contributed by atoms with E-state index in [0.717, 1.165) is 25.1 Å². The van der Waals surface area contributed by atoms with Gasteiger partial charge in [-0.2, -0.15) is 0 Å². The Morgan fingerprint density at radius 1 is 1.35 bits per heavy atom. The smallest absolute Gasteiger partial charge is 0.165 e. The second-order valence-corrected chi connectivity index (χ2v) is 4.73. The highest BCUT2D eigenvalue weighted by atomic mass is 19.1. The summed E-state index contributed by atoms with van der Waals surface area (Å²) in [7, 11) is 0. The molecular weight excluding hydrogens is 217 g/mol. The molecule has 0 saturated heterocycles. The van der Waals surface area contributed by atoms with Crippen LogP contribution < -0.4 is 10.1 Å². The zero-order chi connectivity index (χ0) is 12.7. The maximum absolute atomic E-state index is 13.3. The third-order valence-electron chi connectivity index (χ3n) is 2.39. The van der Waals surface area contributed by atoms with Gasteiger partial charge in [0.05, 0.1) is 6.61 Å². The van der Waals surface area contributed by atoms with Gasteiger partial charge in [0, 0.05) is 0 Å². The van der Waals surface area contributed by atoms with Crippen molar-refractivity contribution in [3.05, 3.63) is 29.6 Å². The Morgan fingerprint density at radius 3 is 2.82 bits per heavy atom. The van der Waals surface area contributed by atoms with Crippen molar-refractivity contribution in [1.82, 2.24) is 5.32 Å². The summed E-state index contributed by atoms with van der Waals surface area (Å²) in [6.07, 6.45) is 0.889. The van der Waals surface area contributed by atoms with Crippen LogP contribution in [0.1, 0.15) is 25.8 Å². The summed E-state index contributed by atoms with van der Waals surface area (Å²) in [4.78, 5) is 0. The molecule has 0 heterocycles. The maximum atomic E-state index is 13.3. The SMILES string of the molecule is Cc1ccc(F)c(OCCCNCC(C)C)c1. The summed E-state index contributed by atoms with van der Waals surface area (Å²) in [5, 5.41) is 3.32. The molecule has 0 radical (unpaired) electrons. The quantitative estimate of drug-likeness (QED) is 0.738.